The molecule has 2 aliphatic heterocycles. The first-order valence-corrected chi connectivity index (χ1v) is 37.9. The Morgan fingerprint density at radius 2 is 0.618 bits per heavy atom. The van der Waals surface area contributed by atoms with Gasteiger partial charge < -0.3 is 23.2 Å². The lowest BCUT2D eigenvalue weighted by Gasteiger charge is -2.46. The quantitative estimate of drug-likeness (QED) is 0.101. The van der Waals surface area contributed by atoms with Crippen LogP contribution in [0.1, 0.15) is 0 Å². The second-order valence-electron chi connectivity index (χ2n) is 29.2. The van der Waals surface area contributed by atoms with Crippen molar-refractivity contribution >= 4 is 144 Å². The van der Waals surface area contributed by atoms with E-state index in [1.54, 1.807) is 0 Å². The minimum absolute atomic E-state index is 0.332. The van der Waals surface area contributed by atoms with Crippen LogP contribution in [0.25, 0.3) is 171 Å². The Morgan fingerprint density at radius 1 is 0.218 bits per heavy atom. The Balaban J connectivity index is 0.884. The summed E-state index contributed by atoms with van der Waals surface area (Å²) in [7, 11) is 0. The lowest BCUT2D eigenvalue weighted by atomic mass is 9.33. The fraction of sp³-hybridized carbons (Fsp3) is 0. The zero-order chi connectivity index (χ0) is 72.1. The summed E-state index contributed by atoms with van der Waals surface area (Å²) in [6.07, 6.45) is 0. The topological polar surface area (TPSA) is 37.7 Å². The molecule has 0 unspecified atom stereocenters. The molecule has 510 valence electrons. The van der Waals surface area contributed by atoms with Crippen LogP contribution in [-0.4, -0.2) is 11.3 Å². The van der Waals surface area contributed by atoms with Crippen molar-refractivity contribution in [2.45, 2.75) is 0 Å². The first-order chi connectivity index (χ1) is 54.6. The molecule has 3 aromatic heterocycles. The van der Waals surface area contributed by atoms with Crippen LogP contribution in [0.2, 0.25) is 0 Å². The maximum Gasteiger partial charge on any atom is 0.252 e. The molecule has 0 radical (unpaired) electrons. The molecule has 23 rings (SSSR count). The molecular formula is C104H64BN3O2. The number of aromatic nitrogens is 1. The van der Waals surface area contributed by atoms with E-state index in [1.807, 2.05) is 0 Å². The zero-order valence-corrected chi connectivity index (χ0v) is 59.7. The smallest absolute Gasteiger partial charge is 0.252 e. The highest BCUT2D eigenvalue weighted by molar-refractivity contribution is 7.00. The molecule has 110 heavy (non-hydrogen) atoms. The average Bonchev–Trinajstić information content (AvgIpc) is 0.715. The molecule has 18 aromatic carbocycles. The van der Waals surface area contributed by atoms with Gasteiger partial charge in [0.05, 0.1) is 28.1 Å². The Bertz CT molecular complexity index is 7140. The van der Waals surface area contributed by atoms with Gasteiger partial charge in [0.1, 0.15) is 22.3 Å². The summed E-state index contributed by atoms with van der Waals surface area (Å²) in [5, 5.41) is 11.4. The molecule has 0 N–H and O–H groups in total. The van der Waals surface area contributed by atoms with E-state index in [2.05, 4.69) is 403 Å². The molecule has 0 amide bonds. The van der Waals surface area contributed by atoms with Crippen LogP contribution in [-0.2, 0) is 0 Å². The standard InChI is InChI=1S/C104H64BN3O2/c1-5-28-65(29-6-1)73-44-25-45-74(66-30-7-2-8-31-66)102(73)107-92-59-56-69(70-54-57-81-79-38-19-23-52-96(79)109-98(81)62-70)60-89(92)105-88-58-55-71(99-82-40-13-15-42-84(82)100(85-43-16-14-41-83(85)99)87-49-27-48-86-80-39-20-24-53-97(80)110-104(86)87)61-93(88)108(103-75(67-32-9-3-10-33-67)46-26-47-76(103)68-34-11-4-12-35-68)95-64-72(63-94(107)101(95)105)106-90-50-21-17-36-77(90)78-37-18-22-51-91(78)106/h1-64H. The van der Waals surface area contributed by atoms with Crippen molar-refractivity contribution in [3.05, 3.63) is 388 Å². The van der Waals surface area contributed by atoms with Gasteiger partial charge in [0.25, 0.3) is 6.71 Å². The lowest BCUT2D eigenvalue weighted by Crippen LogP contribution is -2.61. The monoisotopic (exact) mass is 1400 g/mol. The third-order valence-electron chi connectivity index (χ3n) is 23.4. The molecule has 0 spiro atoms. The molecule has 6 heteroatoms. The first-order valence-electron chi connectivity index (χ1n) is 37.9. The number of rotatable bonds is 10. The van der Waals surface area contributed by atoms with Crippen LogP contribution in [0.5, 0.6) is 0 Å². The number of furan rings is 2. The van der Waals surface area contributed by atoms with E-state index in [0.29, 0.717) is 0 Å². The predicted molar refractivity (Wildman–Crippen MR) is 462 cm³/mol. The Morgan fingerprint density at radius 3 is 1.16 bits per heavy atom. The van der Waals surface area contributed by atoms with Gasteiger partial charge in [-0.25, -0.2) is 0 Å². The molecule has 2 aliphatic rings. The molecule has 5 nitrogen and oxygen atoms in total. The molecule has 0 atom stereocenters. The normalized spacial score (nSPS) is 12.5. The molecule has 0 saturated heterocycles. The SMILES string of the molecule is c1ccc(-c2cccc(-c3ccccc3)c2N2c3ccc(-c4ccc5c(c4)oc4ccccc45)cc3B3c4ccc(-c5c6ccccc6c(-c6cccc7c6oc6ccccc67)c6ccccc56)cc4N(c4c(-c5ccccc5)cccc4-c4ccccc4)c4cc(-n5c6ccccc6c6ccccc65)cc2c43)cc1. The van der Waals surface area contributed by atoms with Crippen LogP contribution in [0.3, 0.4) is 0 Å². The highest BCUT2D eigenvalue weighted by Crippen LogP contribution is 2.56. The summed E-state index contributed by atoms with van der Waals surface area (Å²) >= 11 is 0. The number of hydrogen-bond donors (Lipinski definition) is 0. The van der Waals surface area contributed by atoms with E-state index in [9.17, 15) is 0 Å². The molecular weight excluding hydrogens is 1330 g/mol. The highest BCUT2D eigenvalue weighted by atomic mass is 16.3. The number of nitrogens with zero attached hydrogens (tertiary/aromatic N) is 3. The summed E-state index contributed by atoms with van der Waals surface area (Å²) in [6.45, 7) is -0.332. The Labute approximate surface area is 635 Å². The lowest BCUT2D eigenvalue weighted by molar-refractivity contribution is 0.669. The Hall–Kier alpha value is -14.5. The fourth-order valence-electron chi connectivity index (χ4n) is 18.7. The number of anilines is 6. The van der Waals surface area contributed by atoms with Crippen molar-refractivity contribution in [2.24, 2.45) is 0 Å². The molecule has 21 aromatic rings. The summed E-state index contributed by atoms with van der Waals surface area (Å²) < 4.78 is 16.2. The van der Waals surface area contributed by atoms with Gasteiger partial charge in [0.15, 0.2) is 0 Å². The van der Waals surface area contributed by atoms with E-state index in [1.165, 1.54) is 27.2 Å². The van der Waals surface area contributed by atoms with Crippen LogP contribution >= 0.6 is 0 Å². The van der Waals surface area contributed by atoms with Gasteiger partial charge in [-0.05, 0) is 143 Å². The van der Waals surface area contributed by atoms with Crippen molar-refractivity contribution in [2.75, 3.05) is 9.80 Å². The summed E-state index contributed by atoms with van der Waals surface area (Å²) in [5.41, 5.74) is 32.4. The van der Waals surface area contributed by atoms with Crippen LogP contribution in [0, 0.1) is 0 Å². The molecule has 0 aliphatic carbocycles. The van der Waals surface area contributed by atoms with Crippen molar-refractivity contribution in [1.29, 1.82) is 0 Å². The summed E-state index contributed by atoms with van der Waals surface area (Å²) in [6, 6.07) is 144. The van der Waals surface area contributed by atoms with Crippen LogP contribution in [0.15, 0.2) is 397 Å². The Kier molecular flexibility index (Phi) is 13.8. The largest absolute Gasteiger partial charge is 0.456 e. The van der Waals surface area contributed by atoms with Gasteiger partial charge >= 0.3 is 0 Å². The first kappa shape index (κ1) is 61.8. The van der Waals surface area contributed by atoms with Gasteiger partial charge in [-0.3, -0.25) is 0 Å². The highest BCUT2D eigenvalue weighted by Gasteiger charge is 2.46. The minimum Gasteiger partial charge on any atom is -0.456 e. The van der Waals surface area contributed by atoms with Crippen LogP contribution < -0.4 is 26.2 Å². The number of benzene rings is 18. The second-order valence-corrected chi connectivity index (χ2v) is 29.2. The van der Waals surface area contributed by atoms with E-state index in [0.717, 1.165) is 194 Å². The maximum atomic E-state index is 6.94. The molecule has 0 bridgehead atoms. The summed E-state index contributed by atoms with van der Waals surface area (Å²) in [5.74, 6) is 0. The third kappa shape index (κ3) is 9.36. The van der Waals surface area contributed by atoms with Crippen LogP contribution in [0.4, 0.5) is 34.1 Å². The molecule has 0 fully saturated rings. The van der Waals surface area contributed by atoms with Crippen molar-refractivity contribution < 1.29 is 8.83 Å². The molecule has 0 saturated carbocycles. The number of para-hydroxylation sites is 7. The van der Waals surface area contributed by atoms with Gasteiger partial charge in [0.2, 0.25) is 0 Å². The van der Waals surface area contributed by atoms with Gasteiger partial charge in [-0.2, -0.15) is 0 Å². The van der Waals surface area contributed by atoms with E-state index in [4.69, 9.17) is 8.83 Å². The third-order valence-corrected chi connectivity index (χ3v) is 23.4. The number of fused-ring (bicyclic) bond motifs is 15. The maximum absolute atomic E-state index is 6.94. The van der Waals surface area contributed by atoms with E-state index in [-0.39, 0.29) is 6.71 Å². The minimum atomic E-state index is -0.332. The number of hydrogen-bond acceptors (Lipinski definition) is 4. The van der Waals surface area contributed by atoms with Gasteiger partial charge in [-0.15, -0.1) is 0 Å². The van der Waals surface area contributed by atoms with Gasteiger partial charge in [0, 0.05) is 88.4 Å². The van der Waals surface area contributed by atoms with Crippen molar-refractivity contribution in [3.63, 3.8) is 0 Å². The van der Waals surface area contributed by atoms with Gasteiger partial charge in [-0.1, -0.05) is 328 Å². The zero-order valence-electron chi connectivity index (χ0n) is 59.7. The predicted octanol–water partition coefficient (Wildman–Crippen LogP) is 26.6. The van der Waals surface area contributed by atoms with E-state index < -0.39 is 0 Å². The van der Waals surface area contributed by atoms with E-state index >= 15 is 0 Å². The average molecular weight is 1400 g/mol. The van der Waals surface area contributed by atoms with Crippen molar-refractivity contribution in [1.82, 2.24) is 4.57 Å². The molecule has 5 heterocycles. The second kappa shape index (κ2) is 24.6. The van der Waals surface area contributed by atoms with Crippen molar-refractivity contribution in [3.8, 4) is 83.6 Å². The summed E-state index contributed by atoms with van der Waals surface area (Å²) in [4.78, 5) is 5.35. The fourth-order valence-corrected chi connectivity index (χ4v) is 18.7.